The maximum atomic E-state index is 12.8. The van der Waals surface area contributed by atoms with Crippen LogP contribution in [0.1, 0.15) is 5.56 Å². The van der Waals surface area contributed by atoms with Crippen LogP contribution in [0.25, 0.3) is 0 Å². The number of methoxy groups -OCH3 is 2. The smallest absolute Gasteiger partial charge is 0.241 e. The van der Waals surface area contributed by atoms with Gasteiger partial charge in [0.15, 0.2) is 11.5 Å². The van der Waals surface area contributed by atoms with Crippen LogP contribution in [-0.2, 0) is 10.0 Å². The molecule has 0 saturated heterocycles. The molecule has 0 aliphatic carbocycles. The average Bonchev–Trinajstić information content (AvgIpc) is 2.59. The van der Waals surface area contributed by atoms with Gasteiger partial charge in [-0.15, -0.1) is 0 Å². The molecule has 0 heterocycles. The summed E-state index contributed by atoms with van der Waals surface area (Å²) in [6, 6.07) is 9.91. The predicted molar refractivity (Wildman–Crippen MR) is 88.0 cm³/mol. The van der Waals surface area contributed by atoms with Crippen molar-refractivity contribution < 1.29 is 22.3 Å². The number of benzene rings is 2. The Morgan fingerprint density at radius 2 is 1.71 bits per heavy atom. The molecule has 7 heteroatoms. The molecule has 0 radical (unpaired) electrons. The maximum Gasteiger partial charge on any atom is 0.241 e. The van der Waals surface area contributed by atoms with E-state index in [4.69, 9.17) is 9.47 Å². The van der Waals surface area contributed by atoms with Crippen LogP contribution in [-0.4, -0.2) is 29.2 Å². The molecule has 2 aromatic rings. The molecule has 24 heavy (non-hydrogen) atoms. The number of nitrogens with one attached hydrogen (secondary N) is 1. The Balaban J connectivity index is 2.08. The zero-order valence-electron chi connectivity index (χ0n) is 13.2. The molecule has 0 unspecified atom stereocenters. The third kappa shape index (κ3) is 4.47. The monoisotopic (exact) mass is 349 g/mol. The summed E-state index contributed by atoms with van der Waals surface area (Å²) in [6.07, 6.45) is 0. The summed E-state index contributed by atoms with van der Waals surface area (Å²) in [4.78, 5) is 0.0451. The van der Waals surface area contributed by atoms with Crippen LogP contribution in [0.2, 0.25) is 0 Å². The number of hydrogen-bond donors (Lipinski definition) is 1. The van der Waals surface area contributed by atoms with Gasteiger partial charge in [0.05, 0.1) is 25.7 Å². The standard InChI is InChI=1S/C17H16FNO4S/c1-22-16-10-9-15(12-17(16)23-2)24(20,21)19-11-3-4-13-5-7-14(18)8-6-13/h5-10,12,19H,11H2,1-2H3. The molecule has 0 bridgehead atoms. The molecule has 0 amide bonds. The molecule has 5 nitrogen and oxygen atoms in total. The van der Waals surface area contributed by atoms with Crippen LogP contribution in [0.4, 0.5) is 4.39 Å². The molecule has 126 valence electrons. The summed E-state index contributed by atoms with van der Waals surface area (Å²) in [6.45, 7) is -0.0753. The molecule has 2 rings (SSSR count). The predicted octanol–water partition coefficient (Wildman–Crippen LogP) is 2.17. The molecule has 0 aliphatic rings. The second-order valence-electron chi connectivity index (χ2n) is 4.65. The minimum Gasteiger partial charge on any atom is -0.493 e. The zero-order valence-corrected chi connectivity index (χ0v) is 14.0. The van der Waals surface area contributed by atoms with Crippen molar-refractivity contribution >= 4 is 10.0 Å². The fourth-order valence-corrected chi connectivity index (χ4v) is 2.82. The van der Waals surface area contributed by atoms with Gasteiger partial charge >= 0.3 is 0 Å². The largest absolute Gasteiger partial charge is 0.493 e. The summed E-state index contributed by atoms with van der Waals surface area (Å²) in [5.74, 6) is 5.83. The van der Waals surface area contributed by atoms with Crippen molar-refractivity contribution in [1.29, 1.82) is 0 Å². The highest BCUT2D eigenvalue weighted by molar-refractivity contribution is 7.89. The Morgan fingerprint density at radius 1 is 1.04 bits per heavy atom. The van der Waals surface area contributed by atoms with Gasteiger partial charge in [-0.1, -0.05) is 11.8 Å². The minimum atomic E-state index is -3.73. The van der Waals surface area contributed by atoms with Gasteiger partial charge in [0.25, 0.3) is 0 Å². The lowest BCUT2D eigenvalue weighted by Crippen LogP contribution is -2.24. The molecule has 0 aliphatic heterocycles. The molecular weight excluding hydrogens is 333 g/mol. The van der Waals surface area contributed by atoms with Gasteiger partial charge in [-0.05, 0) is 36.4 Å². The molecule has 0 atom stereocenters. The van der Waals surface area contributed by atoms with Gasteiger partial charge in [0, 0.05) is 11.6 Å². The Labute approximate surface area is 140 Å². The third-order valence-electron chi connectivity index (χ3n) is 3.09. The Hall–Kier alpha value is -2.56. The van der Waals surface area contributed by atoms with E-state index < -0.39 is 10.0 Å². The van der Waals surface area contributed by atoms with E-state index in [9.17, 15) is 12.8 Å². The highest BCUT2D eigenvalue weighted by atomic mass is 32.2. The van der Waals surface area contributed by atoms with E-state index in [1.807, 2.05) is 0 Å². The van der Waals surface area contributed by atoms with Crippen molar-refractivity contribution in [1.82, 2.24) is 4.72 Å². The normalized spacial score (nSPS) is 10.6. The van der Waals surface area contributed by atoms with E-state index in [0.717, 1.165) is 0 Å². The summed E-state index contributed by atoms with van der Waals surface area (Å²) in [5, 5.41) is 0. The lowest BCUT2D eigenvalue weighted by molar-refractivity contribution is 0.354. The third-order valence-corrected chi connectivity index (χ3v) is 4.49. The van der Waals surface area contributed by atoms with Crippen molar-refractivity contribution in [2.75, 3.05) is 20.8 Å². The van der Waals surface area contributed by atoms with Crippen molar-refractivity contribution in [2.45, 2.75) is 4.90 Å². The van der Waals surface area contributed by atoms with Crippen molar-refractivity contribution in [2.24, 2.45) is 0 Å². The summed E-state index contributed by atoms with van der Waals surface area (Å²) in [7, 11) is -0.833. The van der Waals surface area contributed by atoms with Crippen LogP contribution >= 0.6 is 0 Å². The number of rotatable bonds is 5. The topological polar surface area (TPSA) is 64.6 Å². The highest BCUT2D eigenvalue weighted by Crippen LogP contribution is 2.29. The number of sulfonamides is 1. The fourth-order valence-electron chi connectivity index (χ4n) is 1.88. The summed E-state index contributed by atoms with van der Waals surface area (Å²) >= 11 is 0. The van der Waals surface area contributed by atoms with Gasteiger partial charge in [0.2, 0.25) is 10.0 Å². The van der Waals surface area contributed by atoms with E-state index in [-0.39, 0.29) is 17.3 Å². The lowest BCUT2D eigenvalue weighted by atomic mass is 10.2. The van der Waals surface area contributed by atoms with E-state index in [0.29, 0.717) is 17.1 Å². The van der Waals surface area contributed by atoms with Crippen LogP contribution in [0, 0.1) is 17.7 Å². The Bertz CT molecular complexity index is 868. The molecule has 2 aromatic carbocycles. The van der Waals surface area contributed by atoms with Crippen molar-refractivity contribution in [3.05, 3.63) is 53.8 Å². The summed E-state index contributed by atoms with van der Waals surface area (Å²) < 4.78 is 49.8. The second-order valence-corrected chi connectivity index (χ2v) is 6.42. The lowest BCUT2D eigenvalue weighted by Gasteiger charge is -2.10. The first-order valence-electron chi connectivity index (χ1n) is 6.92. The second kappa shape index (κ2) is 7.81. The fraction of sp³-hybridized carbons (Fsp3) is 0.176. The zero-order chi connectivity index (χ0) is 17.6. The average molecular weight is 349 g/mol. The van der Waals surface area contributed by atoms with Gasteiger partial charge in [-0.2, -0.15) is 4.72 Å². The molecule has 0 spiro atoms. The molecule has 0 fully saturated rings. The van der Waals surface area contributed by atoms with E-state index >= 15 is 0 Å². The van der Waals surface area contributed by atoms with E-state index in [2.05, 4.69) is 16.6 Å². The number of ether oxygens (including phenoxy) is 2. The first kappa shape index (κ1) is 17.8. The van der Waals surface area contributed by atoms with Gasteiger partial charge < -0.3 is 9.47 Å². The molecule has 0 aromatic heterocycles. The first-order valence-corrected chi connectivity index (χ1v) is 8.40. The van der Waals surface area contributed by atoms with Crippen LogP contribution in [0.15, 0.2) is 47.4 Å². The van der Waals surface area contributed by atoms with Crippen LogP contribution < -0.4 is 14.2 Å². The number of halogens is 1. The van der Waals surface area contributed by atoms with E-state index in [1.54, 1.807) is 0 Å². The maximum absolute atomic E-state index is 12.8. The van der Waals surface area contributed by atoms with E-state index in [1.165, 1.54) is 56.7 Å². The van der Waals surface area contributed by atoms with Crippen LogP contribution in [0.5, 0.6) is 11.5 Å². The Kier molecular flexibility index (Phi) is 5.79. The highest BCUT2D eigenvalue weighted by Gasteiger charge is 2.16. The van der Waals surface area contributed by atoms with Gasteiger partial charge in [0.1, 0.15) is 5.82 Å². The van der Waals surface area contributed by atoms with Gasteiger partial charge in [-0.25, -0.2) is 12.8 Å². The first-order chi connectivity index (χ1) is 11.5. The Morgan fingerprint density at radius 3 is 2.33 bits per heavy atom. The van der Waals surface area contributed by atoms with Gasteiger partial charge in [-0.3, -0.25) is 0 Å². The SMILES string of the molecule is COc1ccc(S(=O)(=O)NCC#Cc2ccc(F)cc2)cc1OC. The summed E-state index contributed by atoms with van der Waals surface area (Å²) in [5.41, 5.74) is 0.599. The molecule has 1 N–H and O–H groups in total. The van der Waals surface area contributed by atoms with Crippen molar-refractivity contribution in [3.63, 3.8) is 0 Å². The molecule has 0 saturated carbocycles. The quantitative estimate of drug-likeness (QED) is 0.841. The van der Waals surface area contributed by atoms with Crippen LogP contribution in [0.3, 0.4) is 0 Å². The molecular formula is C17H16FNO4S. The minimum absolute atomic E-state index is 0.0451. The number of hydrogen-bond acceptors (Lipinski definition) is 4. The van der Waals surface area contributed by atoms with Crippen molar-refractivity contribution in [3.8, 4) is 23.3 Å².